The molecule has 116 valence electrons. The molecule has 0 radical (unpaired) electrons. The van der Waals surface area contributed by atoms with Crippen LogP contribution in [0.25, 0.3) is 0 Å². The molecule has 20 heavy (non-hydrogen) atoms. The van der Waals surface area contributed by atoms with Crippen LogP contribution in [0.5, 0.6) is 0 Å². The van der Waals surface area contributed by atoms with Gasteiger partial charge in [0.05, 0.1) is 6.61 Å². The second-order valence-corrected chi connectivity index (χ2v) is 5.62. The predicted octanol–water partition coefficient (Wildman–Crippen LogP) is 1.65. The Morgan fingerprint density at radius 3 is 2.35 bits per heavy atom. The first kappa shape index (κ1) is 16.8. The topological polar surface area (TPSA) is 70.1 Å². The summed E-state index contributed by atoms with van der Waals surface area (Å²) in [6.07, 6.45) is 4.24. The summed E-state index contributed by atoms with van der Waals surface area (Å²) in [4.78, 5) is 26.3. The van der Waals surface area contributed by atoms with Crippen LogP contribution in [0.15, 0.2) is 0 Å². The molecule has 6 nitrogen and oxygen atoms in total. The van der Waals surface area contributed by atoms with Gasteiger partial charge in [-0.15, -0.1) is 0 Å². The zero-order chi connectivity index (χ0) is 15.1. The average molecular weight is 286 g/mol. The Hall–Kier alpha value is -1.30. The highest BCUT2D eigenvalue weighted by atomic mass is 16.5. The number of ether oxygens (including phenoxy) is 1. The van der Waals surface area contributed by atoms with Crippen molar-refractivity contribution < 1.29 is 19.4 Å². The number of carbonyl (C=O) groups excluding carboxylic acids is 1. The van der Waals surface area contributed by atoms with E-state index in [-0.39, 0.29) is 18.6 Å². The maximum Gasteiger partial charge on any atom is 0.323 e. The maximum atomic E-state index is 12.4. The van der Waals surface area contributed by atoms with Gasteiger partial charge < -0.3 is 19.6 Å². The van der Waals surface area contributed by atoms with Gasteiger partial charge in [-0.25, -0.2) is 4.79 Å². The van der Waals surface area contributed by atoms with Crippen LogP contribution in [0.4, 0.5) is 4.79 Å². The fourth-order valence-electron chi connectivity index (χ4n) is 2.62. The van der Waals surface area contributed by atoms with Crippen molar-refractivity contribution in [3.05, 3.63) is 0 Å². The van der Waals surface area contributed by atoms with E-state index in [0.717, 1.165) is 31.6 Å². The molecule has 1 fully saturated rings. The van der Waals surface area contributed by atoms with Crippen LogP contribution >= 0.6 is 0 Å². The van der Waals surface area contributed by atoms with Gasteiger partial charge >= 0.3 is 12.0 Å². The third-order valence-electron chi connectivity index (χ3n) is 4.00. The molecular formula is C14H26N2O4. The van der Waals surface area contributed by atoms with Crippen molar-refractivity contribution in [1.82, 2.24) is 9.80 Å². The highest BCUT2D eigenvalue weighted by Gasteiger charge is 2.28. The average Bonchev–Trinajstić information content (AvgIpc) is 2.42. The van der Waals surface area contributed by atoms with Gasteiger partial charge in [0.1, 0.15) is 6.54 Å². The number of nitrogens with zero attached hydrogens (tertiary/aromatic N) is 2. The SMILES string of the molecule is COCCN(CC(=O)O)C(=O)N(C)C1CCC(C)CC1. The molecular weight excluding hydrogens is 260 g/mol. The molecule has 1 aliphatic carbocycles. The molecule has 1 N–H and O–H groups in total. The van der Waals surface area contributed by atoms with E-state index in [9.17, 15) is 9.59 Å². The monoisotopic (exact) mass is 286 g/mol. The second kappa shape index (κ2) is 8.09. The fourth-order valence-corrected chi connectivity index (χ4v) is 2.62. The Bertz CT molecular complexity index is 327. The van der Waals surface area contributed by atoms with Gasteiger partial charge in [0.2, 0.25) is 0 Å². The Kier molecular flexibility index (Phi) is 6.78. The van der Waals surface area contributed by atoms with Crippen molar-refractivity contribution in [2.45, 2.75) is 38.6 Å². The van der Waals surface area contributed by atoms with Gasteiger partial charge in [-0.2, -0.15) is 0 Å². The van der Waals surface area contributed by atoms with Gasteiger partial charge in [-0.3, -0.25) is 4.79 Å². The quantitative estimate of drug-likeness (QED) is 0.806. The lowest BCUT2D eigenvalue weighted by molar-refractivity contribution is -0.137. The van der Waals surface area contributed by atoms with Crippen LogP contribution < -0.4 is 0 Å². The van der Waals surface area contributed by atoms with Crippen LogP contribution in [0.3, 0.4) is 0 Å². The van der Waals surface area contributed by atoms with Gasteiger partial charge in [-0.05, 0) is 31.6 Å². The molecule has 0 bridgehead atoms. The van der Waals surface area contributed by atoms with E-state index >= 15 is 0 Å². The van der Waals surface area contributed by atoms with Gasteiger partial charge in [0.25, 0.3) is 0 Å². The summed E-state index contributed by atoms with van der Waals surface area (Å²) in [6.45, 7) is 2.59. The van der Waals surface area contributed by atoms with Gasteiger partial charge in [-0.1, -0.05) is 6.92 Å². The normalized spacial score (nSPS) is 22.4. The lowest BCUT2D eigenvalue weighted by Crippen LogP contribution is -2.49. The summed E-state index contributed by atoms with van der Waals surface area (Å²) in [6, 6.07) is 0.00143. The van der Waals surface area contributed by atoms with Crippen LogP contribution in [-0.2, 0) is 9.53 Å². The molecule has 1 rings (SSSR count). The fraction of sp³-hybridized carbons (Fsp3) is 0.857. The van der Waals surface area contributed by atoms with Crippen LogP contribution in [0.1, 0.15) is 32.6 Å². The predicted molar refractivity (Wildman–Crippen MR) is 75.7 cm³/mol. The van der Waals surface area contributed by atoms with Gasteiger partial charge in [0.15, 0.2) is 0 Å². The smallest absolute Gasteiger partial charge is 0.323 e. The molecule has 0 heterocycles. The Morgan fingerprint density at radius 1 is 1.25 bits per heavy atom. The number of aliphatic carboxylic acids is 1. The van der Waals surface area contributed by atoms with Crippen molar-refractivity contribution in [1.29, 1.82) is 0 Å². The van der Waals surface area contributed by atoms with E-state index in [1.807, 2.05) is 0 Å². The Labute approximate surface area is 120 Å². The molecule has 6 heteroatoms. The standard InChI is InChI=1S/C14H26N2O4/c1-11-4-6-12(7-5-11)15(2)14(19)16(8-9-20-3)10-13(17)18/h11-12H,4-10H2,1-3H3,(H,17,18). The highest BCUT2D eigenvalue weighted by molar-refractivity contribution is 5.80. The van der Waals surface area contributed by atoms with Gasteiger partial charge in [0, 0.05) is 26.7 Å². The van der Waals surface area contributed by atoms with Crippen molar-refractivity contribution in [2.75, 3.05) is 33.9 Å². The van der Waals surface area contributed by atoms with E-state index < -0.39 is 5.97 Å². The number of carboxylic acid groups (broad SMARTS) is 1. The highest BCUT2D eigenvalue weighted by Crippen LogP contribution is 2.26. The summed E-state index contributed by atoms with van der Waals surface area (Å²) in [7, 11) is 3.31. The van der Waals surface area contributed by atoms with E-state index in [1.54, 1.807) is 11.9 Å². The minimum atomic E-state index is -1.000. The first-order chi connectivity index (χ1) is 9.45. The minimum absolute atomic E-state index is 0.219. The van der Waals surface area contributed by atoms with E-state index in [0.29, 0.717) is 13.2 Å². The first-order valence-corrected chi connectivity index (χ1v) is 7.18. The molecule has 0 aromatic rings. The number of carbonyl (C=O) groups is 2. The van der Waals surface area contributed by atoms with E-state index in [1.165, 1.54) is 12.0 Å². The maximum absolute atomic E-state index is 12.4. The summed E-state index contributed by atoms with van der Waals surface area (Å²) in [5.41, 5.74) is 0. The van der Waals surface area contributed by atoms with Crippen molar-refractivity contribution in [3.8, 4) is 0 Å². The zero-order valence-corrected chi connectivity index (χ0v) is 12.7. The van der Waals surface area contributed by atoms with Crippen LogP contribution in [0.2, 0.25) is 0 Å². The minimum Gasteiger partial charge on any atom is -0.480 e. The third kappa shape index (κ3) is 5.00. The number of methoxy groups -OCH3 is 1. The number of rotatable bonds is 6. The van der Waals surface area contributed by atoms with Crippen molar-refractivity contribution in [2.24, 2.45) is 5.92 Å². The summed E-state index contributed by atoms with van der Waals surface area (Å²) in [5.74, 6) is -0.279. The first-order valence-electron chi connectivity index (χ1n) is 7.18. The summed E-state index contributed by atoms with van der Waals surface area (Å²) in [5, 5.41) is 8.91. The van der Waals surface area contributed by atoms with E-state index in [4.69, 9.17) is 9.84 Å². The lowest BCUT2D eigenvalue weighted by atomic mass is 9.87. The largest absolute Gasteiger partial charge is 0.480 e. The van der Waals surface area contributed by atoms with Crippen LogP contribution in [-0.4, -0.2) is 66.8 Å². The number of amides is 2. The molecule has 0 saturated heterocycles. The molecule has 0 atom stereocenters. The van der Waals surface area contributed by atoms with Crippen molar-refractivity contribution in [3.63, 3.8) is 0 Å². The second-order valence-electron chi connectivity index (χ2n) is 5.62. The molecule has 0 unspecified atom stereocenters. The third-order valence-corrected chi connectivity index (χ3v) is 4.00. The Morgan fingerprint density at radius 2 is 1.85 bits per heavy atom. The molecule has 0 spiro atoms. The molecule has 0 aromatic heterocycles. The molecule has 1 aliphatic rings. The Balaban J connectivity index is 2.59. The summed E-state index contributed by atoms with van der Waals surface area (Å²) < 4.78 is 4.94. The molecule has 0 aromatic carbocycles. The summed E-state index contributed by atoms with van der Waals surface area (Å²) >= 11 is 0. The molecule has 0 aliphatic heterocycles. The number of carboxylic acids is 1. The number of hydrogen-bond acceptors (Lipinski definition) is 3. The molecule has 2 amide bonds. The van der Waals surface area contributed by atoms with E-state index in [2.05, 4.69) is 6.92 Å². The number of urea groups is 1. The number of hydrogen-bond donors (Lipinski definition) is 1. The van der Waals surface area contributed by atoms with Crippen molar-refractivity contribution >= 4 is 12.0 Å². The molecule has 1 saturated carbocycles. The zero-order valence-electron chi connectivity index (χ0n) is 12.7. The lowest BCUT2D eigenvalue weighted by Gasteiger charge is -2.36. The van der Waals surface area contributed by atoms with Crippen LogP contribution in [0, 0.1) is 5.92 Å².